The zero-order valence-corrected chi connectivity index (χ0v) is 9.87. The summed E-state index contributed by atoms with van der Waals surface area (Å²) < 4.78 is 0. The minimum absolute atomic E-state index is 0.130. The fourth-order valence-corrected chi connectivity index (χ4v) is 1.92. The van der Waals surface area contributed by atoms with Crippen LogP contribution in [0, 0.1) is 5.92 Å². The second kappa shape index (κ2) is 5.72. The van der Waals surface area contributed by atoms with E-state index >= 15 is 0 Å². The molecule has 0 aromatic rings. The van der Waals surface area contributed by atoms with Crippen molar-refractivity contribution in [1.82, 2.24) is 4.90 Å². The molecule has 0 amide bonds. The fraction of sp³-hybridized carbons (Fsp3) is 1.00. The van der Waals surface area contributed by atoms with Gasteiger partial charge in [-0.25, -0.2) is 0 Å². The third-order valence-electron chi connectivity index (χ3n) is 2.73. The Labute approximate surface area is 88.3 Å². The zero-order valence-electron chi connectivity index (χ0n) is 9.87. The molecule has 1 unspecified atom stereocenters. The lowest BCUT2D eigenvalue weighted by Gasteiger charge is -2.24. The van der Waals surface area contributed by atoms with Crippen molar-refractivity contribution in [3.63, 3.8) is 0 Å². The average molecular weight is 199 g/mol. The first-order chi connectivity index (χ1) is 6.59. The number of aliphatic hydroxyl groups excluding tert-OH is 1. The number of hydrogen-bond donors (Lipinski definition) is 1. The number of hydrogen-bond acceptors (Lipinski definition) is 2. The molecule has 0 aromatic carbocycles. The van der Waals surface area contributed by atoms with E-state index in [9.17, 15) is 5.11 Å². The Morgan fingerprint density at radius 1 is 1.29 bits per heavy atom. The average Bonchev–Trinajstić information content (AvgIpc) is 2.83. The third-order valence-corrected chi connectivity index (χ3v) is 2.73. The van der Waals surface area contributed by atoms with Gasteiger partial charge in [0.15, 0.2) is 0 Å². The van der Waals surface area contributed by atoms with E-state index < -0.39 is 0 Å². The fourth-order valence-electron chi connectivity index (χ4n) is 1.92. The van der Waals surface area contributed by atoms with Gasteiger partial charge < -0.3 is 10.0 Å². The van der Waals surface area contributed by atoms with Gasteiger partial charge in [-0.15, -0.1) is 0 Å². The van der Waals surface area contributed by atoms with Crippen LogP contribution in [0.3, 0.4) is 0 Å². The first kappa shape index (κ1) is 12.0. The molecule has 0 saturated heterocycles. The van der Waals surface area contributed by atoms with Gasteiger partial charge in [0.25, 0.3) is 0 Å². The third kappa shape index (κ3) is 4.97. The quantitative estimate of drug-likeness (QED) is 0.680. The van der Waals surface area contributed by atoms with Gasteiger partial charge in [-0.05, 0) is 45.1 Å². The summed E-state index contributed by atoms with van der Waals surface area (Å²) in [5.41, 5.74) is 0. The van der Waals surface area contributed by atoms with E-state index in [-0.39, 0.29) is 6.10 Å². The van der Waals surface area contributed by atoms with Gasteiger partial charge in [0, 0.05) is 12.6 Å². The van der Waals surface area contributed by atoms with E-state index in [4.69, 9.17) is 0 Å². The van der Waals surface area contributed by atoms with Crippen molar-refractivity contribution in [3.8, 4) is 0 Å². The van der Waals surface area contributed by atoms with E-state index in [1.165, 1.54) is 25.9 Å². The Hall–Kier alpha value is -0.0800. The summed E-state index contributed by atoms with van der Waals surface area (Å²) in [6, 6.07) is 0.867. The first-order valence-corrected chi connectivity index (χ1v) is 6.01. The highest BCUT2D eigenvalue weighted by Crippen LogP contribution is 2.27. The summed E-state index contributed by atoms with van der Waals surface area (Å²) in [7, 11) is 0. The van der Waals surface area contributed by atoms with Crippen molar-refractivity contribution in [2.75, 3.05) is 13.1 Å². The zero-order chi connectivity index (χ0) is 10.6. The van der Waals surface area contributed by atoms with Crippen LogP contribution in [0.25, 0.3) is 0 Å². The maximum Gasteiger partial charge on any atom is 0.0512 e. The second-order valence-corrected chi connectivity index (χ2v) is 5.11. The van der Waals surface area contributed by atoms with E-state index in [1.54, 1.807) is 0 Å². The highest BCUT2D eigenvalue weighted by molar-refractivity contribution is 4.84. The predicted molar refractivity (Wildman–Crippen MR) is 60.3 cm³/mol. The Morgan fingerprint density at radius 2 is 1.93 bits per heavy atom. The summed E-state index contributed by atoms with van der Waals surface area (Å²) in [5, 5.41) is 9.18. The first-order valence-electron chi connectivity index (χ1n) is 6.01. The summed E-state index contributed by atoms with van der Waals surface area (Å²) in [6.07, 6.45) is 4.74. The van der Waals surface area contributed by atoms with Crippen LogP contribution >= 0.6 is 0 Å². The van der Waals surface area contributed by atoms with E-state index in [2.05, 4.69) is 18.7 Å². The molecule has 0 bridgehead atoms. The van der Waals surface area contributed by atoms with E-state index in [0.717, 1.165) is 24.8 Å². The molecular formula is C12H25NO. The van der Waals surface area contributed by atoms with Crippen LogP contribution < -0.4 is 0 Å². The Kier molecular flexibility index (Phi) is 4.90. The maximum atomic E-state index is 9.18. The minimum Gasteiger partial charge on any atom is -0.393 e. The molecule has 2 heteroatoms. The van der Waals surface area contributed by atoms with E-state index in [1.807, 2.05) is 6.92 Å². The van der Waals surface area contributed by atoms with Gasteiger partial charge in [-0.2, -0.15) is 0 Å². The normalized spacial score (nSPS) is 19.3. The molecule has 14 heavy (non-hydrogen) atoms. The smallest absolute Gasteiger partial charge is 0.0512 e. The predicted octanol–water partition coefficient (Wildman–Crippen LogP) is 2.27. The molecule has 1 aliphatic rings. The van der Waals surface area contributed by atoms with Crippen LogP contribution in [0.4, 0.5) is 0 Å². The van der Waals surface area contributed by atoms with Crippen molar-refractivity contribution in [1.29, 1.82) is 0 Å². The van der Waals surface area contributed by atoms with Crippen molar-refractivity contribution < 1.29 is 5.11 Å². The van der Waals surface area contributed by atoms with Crippen LogP contribution in [0.2, 0.25) is 0 Å². The Morgan fingerprint density at radius 3 is 2.36 bits per heavy atom. The molecule has 1 fully saturated rings. The highest BCUT2D eigenvalue weighted by Gasteiger charge is 2.28. The molecular weight excluding hydrogens is 174 g/mol. The second-order valence-electron chi connectivity index (χ2n) is 5.11. The van der Waals surface area contributed by atoms with Gasteiger partial charge in [0.2, 0.25) is 0 Å². The summed E-state index contributed by atoms with van der Waals surface area (Å²) in [6.45, 7) is 8.84. The van der Waals surface area contributed by atoms with Crippen LogP contribution in [-0.4, -0.2) is 35.2 Å². The lowest BCUT2D eigenvalue weighted by Crippen LogP contribution is -2.31. The topological polar surface area (TPSA) is 23.5 Å². The molecule has 0 heterocycles. The lowest BCUT2D eigenvalue weighted by atomic mass is 10.1. The summed E-state index contributed by atoms with van der Waals surface area (Å²) >= 11 is 0. The largest absolute Gasteiger partial charge is 0.393 e. The number of aliphatic hydroxyl groups is 1. The van der Waals surface area contributed by atoms with Gasteiger partial charge in [0.05, 0.1) is 6.10 Å². The van der Waals surface area contributed by atoms with Gasteiger partial charge >= 0.3 is 0 Å². The molecule has 1 aliphatic carbocycles. The number of rotatable bonds is 7. The summed E-state index contributed by atoms with van der Waals surface area (Å²) in [4.78, 5) is 2.60. The van der Waals surface area contributed by atoms with Gasteiger partial charge in [-0.1, -0.05) is 13.8 Å². The molecule has 0 aliphatic heterocycles. The highest BCUT2D eigenvalue weighted by atomic mass is 16.3. The molecule has 84 valence electrons. The molecule has 1 saturated carbocycles. The molecule has 2 nitrogen and oxygen atoms in total. The van der Waals surface area contributed by atoms with Crippen molar-refractivity contribution in [2.45, 2.75) is 58.6 Å². The van der Waals surface area contributed by atoms with Crippen LogP contribution in [-0.2, 0) is 0 Å². The van der Waals surface area contributed by atoms with Crippen molar-refractivity contribution >= 4 is 0 Å². The molecule has 1 rings (SSSR count). The monoisotopic (exact) mass is 199 g/mol. The Balaban J connectivity index is 2.15. The Bertz CT molecular complexity index is 152. The maximum absolute atomic E-state index is 9.18. The van der Waals surface area contributed by atoms with Crippen LogP contribution in [0.1, 0.15) is 46.5 Å². The van der Waals surface area contributed by atoms with E-state index in [0.29, 0.717) is 0 Å². The number of nitrogens with zero attached hydrogens (tertiary/aromatic N) is 1. The molecule has 1 N–H and O–H groups in total. The van der Waals surface area contributed by atoms with Gasteiger partial charge in [-0.3, -0.25) is 0 Å². The minimum atomic E-state index is -0.130. The summed E-state index contributed by atoms with van der Waals surface area (Å²) in [5.74, 6) is 0.766. The van der Waals surface area contributed by atoms with Crippen LogP contribution in [0.5, 0.6) is 0 Å². The van der Waals surface area contributed by atoms with Crippen molar-refractivity contribution in [3.05, 3.63) is 0 Å². The van der Waals surface area contributed by atoms with Gasteiger partial charge in [0.1, 0.15) is 0 Å². The van der Waals surface area contributed by atoms with Crippen LogP contribution in [0.15, 0.2) is 0 Å². The standard InChI is InChI=1S/C12H25NO/c1-10(2)9-13(12-6-7-12)8-4-5-11(3)14/h10-12,14H,4-9H2,1-3H3. The lowest BCUT2D eigenvalue weighted by molar-refractivity contribution is 0.165. The molecule has 0 radical (unpaired) electrons. The molecule has 1 atom stereocenters. The molecule has 0 aromatic heterocycles. The molecule has 0 spiro atoms. The van der Waals surface area contributed by atoms with Crippen molar-refractivity contribution in [2.24, 2.45) is 5.92 Å². The SMILES string of the molecule is CC(C)CN(CCCC(C)O)C1CC1.